The minimum Gasteiger partial charge on any atom is -0.479 e. The third kappa shape index (κ3) is 4.62. The summed E-state index contributed by atoms with van der Waals surface area (Å²) in [6, 6.07) is 7.74. The molecule has 8 heteroatoms. The fourth-order valence-corrected chi connectivity index (χ4v) is 2.46. The van der Waals surface area contributed by atoms with Gasteiger partial charge in [0, 0.05) is 6.54 Å². The van der Waals surface area contributed by atoms with Crippen LogP contribution in [0.25, 0.3) is 0 Å². The minimum absolute atomic E-state index is 0.0176. The Morgan fingerprint density at radius 2 is 1.95 bits per heavy atom. The number of rotatable bonds is 7. The Kier molecular flexibility index (Phi) is 5.64. The van der Waals surface area contributed by atoms with Gasteiger partial charge in [0.1, 0.15) is 0 Å². The second-order valence-corrected chi connectivity index (χ2v) is 5.79. The number of hydrogen-bond donors (Lipinski definition) is 3. The van der Waals surface area contributed by atoms with E-state index in [2.05, 4.69) is 4.72 Å². The molecule has 0 saturated heterocycles. The Balaban J connectivity index is 2.65. The van der Waals surface area contributed by atoms with Crippen LogP contribution in [-0.4, -0.2) is 37.2 Å². The summed E-state index contributed by atoms with van der Waals surface area (Å²) < 4.78 is 25.9. The third-order valence-electron chi connectivity index (χ3n) is 2.51. The first kappa shape index (κ1) is 16.1. The number of aliphatic hydroxyl groups excluding tert-OH is 1. The highest BCUT2D eigenvalue weighted by atomic mass is 32.2. The van der Waals surface area contributed by atoms with Crippen LogP contribution in [0.1, 0.15) is 12.0 Å². The van der Waals surface area contributed by atoms with E-state index in [1.165, 1.54) is 24.3 Å². The zero-order valence-electron chi connectivity index (χ0n) is 10.5. The van der Waals surface area contributed by atoms with E-state index in [9.17, 15) is 13.2 Å². The molecule has 0 spiro atoms. The highest BCUT2D eigenvalue weighted by Gasteiger charge is 2.17. The summed E-state index contributed by atoms with van der Waals surface area (Å²) in [5, 5.41) is 26.0. The summed E-state index contributed by atoms with van der Waals surface area (Å²) in [4.78, 5) is 10.4. The van der Waals surface area contributed by atoms with Gasteiger partial charge in [-0.2, -0.15) is 5.26 Å². The molecule has 7 nitrogen and oxygen atoms in total. The van der Waals surface area contributed by atoms with Crippen LogP contribution in [0.4, 0.5) is 0 Å². The number of nitrogens with one attached hydrogen (secondary N) is 1. The first-order chi connectivity index (χ1) is 9.36. The number of aliphatic hydroxyl groups is 1. The third-order valence-corrected chi connectivity index (χ3v) is 3.99. The molecule has 0 aliphatic carbocycles. The molecule has 0 aliphatic heterocycles. The zero-order valence-corrected chi connectivity index (χ0v) is 11.3. The standard InChI is InChI=1S/C12H14N2O5S/c13-7-5-9-1-3-10(4-2-9)20(18,19)14-8-6-11(15)12(16)17/h1-4,11,14-15H,5-6,8H2,(H,16,17). The smallest absolute Gasteiger partial charge is 0.332 e. The van der Waals surface area contributed by atoms with Gasteiger partial charge in [0.25, 0.3) is 0 Å². The van der Waals surface area contributed by atoms with Crippen LogP contribution in [-0.2, 0) is 21.2 Å². The van der Waals surface area contributed by atoms with Crippen molar-refractivity contribution in [1.82, 2.24) is 4.72 Å². The van der Waals surface area contributed by atoms with Crippen LogP contribution in [0.3, 0.4) is 0 Å². The molecule has 0 amide bonds. The van der Waals surface area contributed by atoms with Crippen LogP contribution < -0.4 is 4.72 Å². The molecule has 108 valence electrons. The summed E-state index contributed by atoms with van der Waals surface area (Å²) in [5.74, 6) is -1.40. The summed E-state index contributed by atoms with van der Waals surface area (Å²) in [6.07, 6.45) is -1.63. The maximum absolute atomic E-state index is 11.8. The SMILES string of the molecule is N#CCc1ccc(S(=O)(=O)NCCC(O)C(=O)O)cc1. The quantitative estimate of drug-likeness (QED) is 0.643. The number of nitriles is 1. The van der Waals surface area contributed by atoms with Gasteiger partial charge in [0.2, 0.25) is 10.0 Å². The van der Waals surface area contributed by atoms with Crippen molar-refractivity contribution in [2.45, 2.75) is 23.8 Å². The number of hydrogen-bond acceptors (Lipinski definition) is 5. The minimum atomic E-state index is -3.75. The van der Waals surface area contributed by atoms with Gasteiger partial charge in [-0.1, -0.05) is 12.1 Å². The van der Waals surface area contributed by atoms with Gasteiger partial charge < -0.3 is 10.2 Å². The lowest BCUT2D eigenvalue weighted by Crippen LogP contribution is -2.30. The van der Waals surface area contributed by atoms with E-state index in [1.807, 2.05) is 6.07 Å². The van der Waals surface area contributed by atoms with E-state index in [4.69, 9.17) is 15.5 Å². The molecular formula is C12H14N2O5S. The highest BCUT2D eigenvalue weighted by Crippen LogP contribution is 2.10. The average Bonchev–Trinajstić information content (AvgIpc) is 2.39. The Morgan fingerprint density at radius 1 is 1.35 bits per heavy atom. The van der Waals surface area contributed by atoms with Crippen LogP contribution in [0.15, 0.2) is 29.2 Å². The number of benzene rings is 1. The first-order valence-electron chi connectivity index (χ1n) is 5.73. The van der Waals surface area contributed by atoms with Gasteiger partial charge in [-0.05, 0) is 24.1 Å². The van der Waals surface area contributed by atoms with Crippen molar-refractivity contribution in [1.29, 1.82) is 5.26 Å². The van der Waals surface area contributed by atoms with E-state index < -0.39 is 22.1 Å². The Labute approximate surface area is 116 Å². The van der Waals surface area contributed by atoms with E-state index in [0.29, 0.717) is 5.56 Å². The predicted molar refractivity (Wildman–Crippen MR) is 69.2 cm³/mol. The number of sulfonamides is 1. The Hall–Kier alpha value is -1.95. The molecule has 0 saturated carbocycles. The number of carboxylic acid groups (broad SMARTS) is 1. The highest BCUT2D eigenvalue weighted by molar-refractivity contribution is 7.89. The van der Waals surface area contributed by atoms with E-state index in [0.717, 1.165) is 0 Å². The summed E-state index contributed by atoms with van der Waals surface area (Å²) in [6.45, 7) is -0.185. The maximum atomic E-state index is 11.8. The van der Waals surface area contributed by atoms with E-state index in [1.54, 1.807) is 0 Å². The number of carboxylic acids is 1. The molecule has 3 N–H and O–H groups in total. The zero-order chi connectivity index (χ0) is 15.2. The normalized spacial score (nSPS) is 12.6. The molecule has 20 heavy (non-hydrogen) atoms. The molecular weight excluding hydrogens is 284 g/mol. The van der Waals surface area contributed by atoms with Crippen molar-refractivity contribution >= 4 is 16.0 Å². The number of nitrogens with zero attached hydrogens (tertiary/aromatic N) is 1. The summed E-state index contributed by atoms with van der Waals surface area (Å²) >= 11 is 0. The lowest BCUT2D eigenvalue weighted by Gasteiger charge is -2.08. The molecule has 1 aromatic carbocycles. The van der Waals surface area contributed by atoms with Crippen molar-refractivity contribution in [3.8, 4) is 6.07 Å². The van der Waals surface area contributed by atoms with Crippen molar-refractivity contribution < 1.29 is 23.4 Å². The van der Waals surface area contributed by atoms with E-state index >= 15 is 0 Å². The Bertz CT molecular complexity index is 604. The van der Waals surface area contributed by atoms with Gasteiger partial charge in [0.05, 0.1) is 17.4 Å². The van der Waals surface area contributed by atoms with Crippen molar-refractivity contribution in [3.05, 3.63) is 29.8 Å². The predicted octanol–water partition coefficient (Wildman–Crippen LogP) is -0.133. The molecule has 0 bridgehead atoms. The number of carbonyl (C=O) groups is 1. The van der Waals surface area contributed by atoms with Crippen molar-refractivity contribution in [3.63, 3.8) is 0 Å². The summed E-state index contributed by atoms with van der Waals surface area (Å²) in [5.41, 5.74) is 0.702. The van der Waals surface area contributed by atoms with Gasteiger partial charge in [-0.3, -0.25) is 0 Å². The molecule has 0 aromatic heterocycles. The molecule has 1 atom stereocenters. The van der Waals surface area contributed by atoms with Crippen LogP contribution in [0.2, 0.25) is 0 Å². The summed E-state index contributed by atoms with van der Waals surface area (Å²) in [7, 11) is -3.75. The molecule has 0 aliphatic rings. The lowest BCUT2D eigenvalue weighted by atomic mass is 10.2. The Morgan fingerprint density at radius 3 is 2.45 bits per heavy atom. The van der Waals surface area contributed by atoms with Crippen molar-refractivity contribution in [2.24, 2.45) is 0 Å². The number of aliphatic carboxylic acids is 1. The second-order valence-electron chi connectivity index (χ2n) is 4.02. The van der Waals surface area contributed by atoms with Gasteiger partial charge in [-0.15, -0.1) is 0 Å². The molecule has 0 radical (unpaired) electrons. The molecule has 1 unspecified atom stereocenters. The maximum Gasteiger partial charge on any atom is 0.332 e. The van der Waals surface area contributed by atoms with Crippen LogP contribution in [0.5, 0.6) is 0 Å². The fraction of sp³-hybridized carbons (Fsp3) is 0.333. The fourth-order valence-electron chi connectivity index (χ4n) is 1.41. The molecule has 0 fully saturated rings. The first-order valence-corrected chi connectivity index (χ1v) is 7.21. The van der Waals surface area contributed by atoms with Crippen LogP contribution in [0, 0.1) is 11.3 Å². The van der Waals surface area contributed by atoms with Crippen molar-refractivity contribution in [2.75, 3.05) is 6.54 Å². The van der Waals surface area contributed by atoms with Crippen LogP contribution >= 0.6 is 0 Å². The molecule has 1 aromatic rings. The average molecular weight is 298 g/mol. The van der Waals surface area contributed by atoms with E-state index in [-0.39, 0.29) is 24.3 Å². The molecule has 0 heterocycles. The lowest BCUT2D eigenvalue weighted by molar-refractivity contribution is -0.146. The van der Waals surface area contributed by atoms with Gasteiger partial charge >= 0.3 is 5.97 Å². The van der Waals surface area contributed by atoms with Gasteiger partial charge in [0.15, 0.2) is 6.10 Å². The largest absolute Gasteiger partial charge is 0.479 e. The monoisotopic (exact) mass is 298 g/mol. The topological polar surface area (TPSA) is 127 Å². The second kappa shape index (κ2) is 7.00. The van der Waals surface area contributed by atoms with Gasteiger partial charge in [-0.25, -0.2) is 17.9 Å². The molecule has 1 rings (SSSR count).